The van der Waals surface area contributed by atoms with Crippen molar-refractivity contribution in [3.05, 3.63) is 91.3 Å². The number of hydrogen-bond donors (Lipinski definition) is 3. The van der Waals surface area contributed by atoms with Gasteiger partial charge in [-0.05, 0) is 24.1 Å². The number of urea groups is 1. The molecule has 2 amide bonds. The van der Waals surface area contributed by atoms with Gasteiger partial charge in [0.15, 0.2) is 0 Å². The molecule has 0 saturated heterocycles. The van der Waals surface area contributed by atoms with Crippen molar-refractivity contribution in [1.82, 2.24) is 4.57 Å². The lowest BCUT2D eigenvalue weighted by Crippen LogP contribution is -2.26. The first kappa shape index (κ1) is 22.7. The number of benzene rings is 2. The molecule has 3 aromatic rings. The van der Waals surface area contributed by atoms with Gasteiger partial charge in [0, 0.05) is 12.3 Å². The van der Waals surface area contributed by atoms with Gasteiger partial charge in [0.2, 0.25) is 5.88 Å². The van der Waals surface area contributed by atoms with E-state index in [-0.39, 0.29) is 34.6 Å². The number of hydrogen-bond acceptors (Lipinski definition) is 7. The standard InChI is InChI=1S/C22H17N5O6/c1-13-16(10-23)20(29)26(12-14-5-3-2-4-6-14)21(30)17(13)11-24-22(31)25-18-8-7-15(27(32)33)9-19(18)28/h2-9,11,28,30H,12H2,1H3,(H,25,31)/b24-11+. The number of pyridine rings is 1. The van der Waals surface area contributed by atoms with Crippen LogP contribution in [0.4, 0.5) is 16.2 Å². The fraction of sp³-hybridized carbons (Fsp3) is 0.0909. The van der Waals surface area contributed by atoms with Gasteiger partial charge in [-0.2, -0.15) is 5.26 Å². The zero-order valence-corrected chi connectivity index (χ0v) is 17.2. The van der Waals surface area contributed by atoms with Gasteiger partial charge in [0.05, 0.1) is 28.8 Å². The van der Waals surface area contributed by atoms with Crippen LogP contribution in [0.1, 0.15) is 22.3 Å². The number of aromatic hydroxyl groups is 2. The van der Waals surface area contributed by atoms with Crippen molar-refractivity contribution in [2.75, 3.05) is 5.32 Å². The zero-order chi connectivity index (χ0) is 24.1. The van der Waals surface area contributed by atoms with E-state index in [1.54, 1.807) is 30.3 Å². The van der Waals surface area contributed by atoms with E-state index in [2.05, 4.69) is 10.3 Å². The van der Waals surface area contributed by atoms with E-state index in [1.807, 2.05) is 6.07 Å². The van der Waals surface area contributed by atoms with Crippen molar-refractivity contribution in [3.63, 3.8) is 0 Å². The number of phenols is 1. The third-order valence-corrected chi connectivity index (χ3v) is 4.77. The van der Waals surface area contributed by atoms with Crippen molar-refractivity contribution in [1.29, 1.82) is 5.26 Å². The Kier molecular flexibility index (Phi) is 6.49. The fourth-order valence-electron chi connectivity index (χ4n) is 3.05. The number of nitrogens with one attached hydrogen (secondary N) is 1. The molecule has 0 atom stereocenters. The molecule has 33 heavy (non-hydrogen) atoms. The van der Waals surface area contributed by atoms with Crippen LogP contribution in [-0.4, -0.2) is 31.9 Å². The SMILES string of the molecule is Cc1c(/C=N/C(=O)Nc2ccc([N+](=O)[O-])cc2O)c(O)n(Cc2ccccc2)c(=O)c1C#N. The van der Waals surface area contributed by atoms with Gasteiger partial charge in [-0.15, -0.1) is 0 Å². The number of carbonyl (C=O) groups excluding carboxylic acids is 1. The molecule has 2 aromatic carbocycles. The number of nitro benzene ring substituents is 1. The summed E-state index contributed by atoms with van der Waals surface area (Å²) in [6.45, 7) is 1.43. The molecule has 3 N–H and O–H groups in total. The highest BCUT2D eigenvalue weighted by atomic mass is 16.6. The summed E-state index contributed by atoms with van der Waals surface area (Å²) in [5.41, 5.74) is -0.539. The summed E-state index contributed by atoms with van der Waals surface area (Å²) in [6.07, 6.45) is 0.990. The van der Waals surface area contributed by atoms with Gasteiger partial charge in [0.1, 0.15) is 17.4 Å². The molecule has 0 unspecified atom stereocenters. The smallest absolute Gasteiger partial charge is 0.345 e. The Morgan fingerprint density at radius 3 is 2.58 bits per heavy atom. The third kappa shape index (κ3) is 4.86. The Labute approximate surface area is 186 Å². The molecule has 0 saturated carbocycles. The number of nitro groups is 1. The second kappa shape index (κ2) is 9.44. The Balaban J connectivity index is 1.93. The van der Waals surface area contributed by atoms with Crippen LogP contribution in [0.15, 0.2) is 58.3 Å². The van der Waals surface area contributed by atoms with Crippen LogP contribution in [0.2, 0.25) is 0 Å². The fourth-order valence-corrected chi connectivity index (χ4v) is 3.05. The van der Waals surface area contributed by atoms with E-state index in [0.29, 0.717) is 5.56 Å². The van der Waals surface area contributed by atoms with Crippen molar-refractivity contribution in [2.45, 2.75) is 13.5 Å². The maximum atomic E-state index is 12.7. The average molecular weight is 447 g/mol. The molecule has 3 rings (SSSR count). The van der Waals surface area contributed by atoms with Gasteiger partial charge in [0.25, 0.3) is 11.2 Å². The summed E-state index contributed by atoms with van der Waals surface area (Å²) < 4.78 is 1.00. The van der Waals surface area contributed by atoms with Crippen LogP contribution in [0, 0.1) is 28.4 Å². The molecule has 1 aromatic heterocycles. The molecule has 166 valence electrons. The van der Waals surface area contributed by atoms with Crippen LogP contribution in [-0.2, 0) is 6.54 Å². The summed E-state index contributed by atoms with van der Waals surface area (Å²) in [6, 6.07) is 12.8. The first-order valence-corrected chi connectivity index (χ1v) is 9.45. The maximum Gasteiger partial charge on any atom is 0.345 e. The largest absolute Gasteiger partial charge is 0.506 e. The Hall–Kier alpha value is -4.98. The first-order valence-electron chi connectivity index (χ1n) is 9.45. The summed E-state index contributed by atoms with van der Waals surface area (Å²) in [4.78, 5) is 38.6. The van der Waals surface area contributed by atoms with E-state index in [4.69, 9.17) is 0 Å². The normalized spacial score (nSPS) is 10.7. The summed E-state index contributed by atoms with van der Waals surface area (Å²) in [7, 11) is 0. The van der Waals surface area contributed by atoms with Gasteiger partial charge in [-0.25, -0.2) is 9.79 Å². The first-order chi connectivity index (χ1) is 15.7. The van der Waals surface area contributed by atoms with E-state index < -0.39 is 28.1 Å². The molecular formula is C22H17N5O6. The Morgan fingerprint density at radius 1 is 1.27 bits per heavy atom. The molecule has 0 aliphatic rings. The second-order valence-electron chi connectivity index (χ2n) is 6.87. The van der Waals surface area contributed by atoms with Gasteiger partial charge in [-0.1, -0.05) is 30.3 Å². The lowest BCUT2D eigenvalue weighted by molar-refractivity contribution is -0.384. The molecule has 11 heteroatoms. The summed E-state index contributed by atoms with van der Waals surface area (Å²) in [5, 5.41) is 43.0. The van der Waals surface area contributed by atoms with Crippen molar-refractivity contribution in [2.24, 2.45) is 4.99 Å². The van der Waals surface area contributed by atoms with E-state index in [1.165, 1.54) is 6.92 Å². The Bertz CT molecular complexity index is 1370. The van der Waals surface area contributed by atoms with E-state index in [9.17, 15) is 35.2 Å². The number of anilines is 1. The number of nitrogens with zero attached hydrogens (tertiary/aromatic N) is 4. The minimum atomic E-state index is -0.961. The number of non-ortho nitro benzene ring substituents is 1. The Morgan fingerprint density at radius 2 is 1.97 bits per heavy atom. The van der Waals surface area contributed by atoms with Crippen molar-refractivity contribution in [3.8, 4) is 17.7 Å². The molecule has 0 radical (unpaired) electrons. The highest BCUT2D eigenvalue weighted by Gasteiger charge is 2.19. The number of nitriles is 1. The lowest BCUT2D eigenvalue weighted by atomic mass is 10.1. The summed E-state index contributed by atoms with van der Waals surface area (Å²) in [5.74, 6) is -1.01. The molecule has 0 aliphatic carbocycles. The number of aromatic nitrogens is 1. The molecule has 0 bridgehead atoms. The predicted molar refractivity (Wildman–Crippen MR) is 119 cm³/mol. The zero-order valence-electron chi connectivity index (χ0n) is 17.2. The van der Waals surface area contributed by atoms with Crippen LogP contribution in [0.3, 0.4) is 0 Å². The third-order valence-electron chi connectivity index (χ3n) is 4.77. The minimum Gasteiger partial charge on any atom is -0.506 e. The monoisotopic (exact) mass is 447 g/mol. The molecule has 0 fully saturated rings. The highest BCUT2D eigenvalue weighted by Crippen LogP contribution is 2.28. The lowest BCUT2D eigenvalue weighted by Gasteiger charge is -2.14. The van der Waals surface area contributed by atoms with Crippen LogP contribution < -0.4 is 10.9 Å². The molecule has 0 spiro atoms. The number of rotatable bonds is 5. The van der Waals surface area contributed by atoms with E-state index >= 15 is 0 Å². The highest BCUT2D eigenvalue weighted by molar-refractivity contribution is 6.00. The van der Waals surface area contributed by atoms with Crippen LogP contribution in [0.25, 0.3) is 0 Å². The van der Waals surface area contributed by atoms with Gasteiger partial charge >= 0.3 is 6.03 Å². The van der Waals surface area contributed by atoms with Crippen molar-refractivity contribution >= 4 is 23.6 Å². The predicted octanol–water partition coefficient (Wildman–Crippen LogP) is 3.05. The number of amides is 2. The summed E-state index contributed by atoms with van der Waals surface area (Å²) >= 11 is 0. The number of carbonyl (C=O) groups is 1. The molecule has 1 heterocycles. The average Bonchev–Trinajstić information content (AvgIpc) is 2.79. The second-order valence-corrected chi connectivity index (χ2v) is 6.87. The minimum absolute atomic E-state index is 0.00912. The maximum absolute atomic E-state index is 12.7. The van der Waals surface area contributed by atoms with Crippen molar-refractivity contribution < 1.29 is 19.9 Å². The molecule has 11 nitrogen and oxygen atoms in total. The van der Waals surface area contributed by atoms with Gasteiger partial charge in [-0.3, -0.25) is 19.5 Å². The molecule has 0 aliphatic heterocycles. The quantitative estimate of drug-likeness (QED) is 0.233. The number of phenolic OH excluding ortho intramolecular Hbond substituents is 1. The molecular weight excluding hydrogens is 430 g/mol. The van der Waals surface area contributed by atoms with Crippen LogP contribution >= 0.6 is 0 Å². The van der Waals surface area contributed by atoms with Crippen LogP contribution in [0.5, 0.6) is 11.6 Å². The topological polar surface area (TPSA) is 171 Å². The number of aliphatic imine (C=N–C) groups is 1. The van der Waals surface area contributed by atoms with Gasteiger partial charge < -0.3 is 15.5 Å². The van der Waals surface area contributed by atoms with E-state index in [0.717, 1.165) is 29.0 Å².